The molecule has 1 amide bonds. The van der Waals surface area contributed by atoms with Crippen LogP contribution < -0.4 is 5.32 Å². The summed E-state index contributed by atoms with van der Waals surface area (Å²) in [7, 11) is 0. The van der Waals surface area contributed by atoms with Crippen molar-refractivity contribution in [3.63, 3.8) is 0 Å². The number of carbonyl (C=O) groups excluding carboxylic acids is 1. The van der Waals surface area contributed by atoms with Gasteiger partial charge in [0.25, 0.3) is 0 Å². The second-order valence-corrected chi connectivity index (χ2v) is 7.64. The van der Waals surface area contributed by atoms with Gasteiger partial charge in [-0.25, -0.2) is 4.79 Å². The summed E-state index contributed by atoms with van der Waals surface area (Å²) in [4.78, 5) is 14.1. The summed E-state index contributed by atoms with van der Waals surface area (Å²) >= 11 is 0. The Balaban J connectivity index is 1.84. The number of ether oxygens (including phenoxy) is 1. The van der Waals surface area contributed by atoms with Gasteiger partial charge in [-0.1, -0.05) is 19.8 Å². The van der Waals surface area contributed by atoms with Crippen LogP contribution in [0, 0.1) is 5.92 Å². The van der Waals surface area contributed by atoms with E-state index in [-0.39, 0.29) is 6.09 Å². The van der Waals surface area contributed by atoms with Crippen LogP contribution in [0.4, 0.5) is 4.79 Å². The lowest BCUT2D eigenvalue weighted by Crippen LogP contribution is -2.52. The normalized spacial score (nSPS) is 30.5. The van der Waals surface area contributed by atoms with E-state index in [1.807, 2.05) is 25.7 Å². The van der Waals surface area contributed by atoms with Crippen molar-refractivity contribution in [3.05, 3.63) is 0 Å². The molecule has 4 nitrogen and oxygen atoms in total. The van der Waals surface area contributed by atoms with Gasteiger partial charge in [-0.2, -0.15) is 0 Å². The minimum absolute atomic E-state index is 0.160. The monoisotopic (exact) mass is 296 g/mol. The Morgan fingerprint density at radius 3 is 2.67 bits per heavy atom. The lowest BCUT2D eigenvalue weighted by atomic mass is 9.98. The first-order chi connectivity index (χ1) is 9.89. The number of nitrogens with one attached hydrogen (secondary N) is 1. The van der Waals surface area contributed by atoms with Gasteiger partial charge < -0.3 is 15.0 Å². The van der Waals surface area contributed by atoms with E-state index in [1.165, 1.54) is 32.1 Å². The summed E-state index contributed by atoms with van der Waals surface area (Å²) in [5.74, 6) is 0.821. The third-order valence-electron chi connectivity index (χ3n) is 4.71. The topological polar surface area (TPSA) is 41.6 Å². The summed E-state index contributed by atoms with van der Waals surface area (Å²) in [6.45, 7) is 9.69. The highest BCUT2D eigenvalue weighted by Gasteiger charge is 2.31. The summed E-state index contributed by atoms with van der Waals surface area (Å²) in [6, 6.07) is 1.09. The summed E-state index contributed by atoms with van der Waals surface area (Å²) in [5, 5.41) is 3.82. The molecule has 3 unspecified atom stereocenters. The molecule has 122 valence electrons. The minimum Gasteiger partial charge on any atom is -0.444 e. The van der Waals surface area contributed by atoms with Crippen molar-refractivity contribution in [1.29, 1.82) is 0 Å². The van der Waals surface area contributed by atoms with Gasteiger partial charge in [0.05, 0.1) is 0 Å². The van der Waals surface area contributed by atoms with Crippen molar-refractivity contribution in [2.45, 2.75) is 83.9 Å². The number of nitrogens with zero attached hydrogens (tertiary/aromatic N) is 1. The van der Waals surface area contributed by atoms with Crippen LogP contribution in [-0.2, 0) is 4.74 Å². The Labute approximate surface area is 129 Å². The molecule has 2 fully saturated rings. The minimum atomic E-state index is -0.407. The zero-order chi connectivity index (χ0) is 15.5. The van der Waals surface area contributed by atoms with Crippen molar-refractivity contribution in [2.24, 2.45) is 5.92 Å². The maximum atomic E-state index is 12.2. The van der Waals surface area contributed by atoms with Crippen molar-refractivity contribution in [2.75, 3.05) is 13.1 Å². The third kappa shape index (κ3) is 4.87. The van der Waals surface area contributed by atoms with E-state index in [0.717, 1.165) is 25.4 Å². The van der Waals surface area contributed by atoms with Crippen LogP contribution in [0.5, 0.6) is 0 Å². The van der Waals surface area contributed by atoms with Crippen LogP contribution in [0.3, 0.4) is 0 Å². The third-order valence-corrected chi connectivity index (χ3v) is 4.71. The molecule has 0 aromatic heterocycles. The van der Waals surface area contributed by atoms with Gasteiger partial charge >= 0.3 is 6.09 Å². The zero-order valence-electron chi connectivity index (χ0n) is 14.2. The first-order valence-electron chi connectivity index (χ1n) is 8.63. The fraction of sp³-hybridized carbons (Fsp3) is 0.941. The Morgan fingerprint density at radius 2 is 2.00 bits per heavy atom. The molecule has 1 aliphatic heterocycles. The highest BCUT2D eigenvalue weighted by atomic mass is 16.6. The number of hydrogen-bond donors (Lipinski definition) is 1. The maximum absolute atomic E-state index is 12.2. The first kappa shape index (κ1) is 16.6. The Kier molecular flexibility index (Phi) is 5.53. The van der Waals surface area contributed by atoms with E-state index in [2.05, 4.69) is 12.2 Å². The van der Waals surface area contributed by atoms with E-state index >= 15 is 0 Å². The molecule has 0 radical (unpaired) electrons. The molecular weight excluding hydrogens is 264 g/mol. The number of likely N-dealkylation sites (tertiary alicyclic amines) is 1. The van der Waals surface area contributed by atoms with Crippen molar-refractivity contribution >= 4 is 6.09 Å². The Hall–Kier alpha value is -0.770. The van der Waals surface area contributed by atoms with Crippen LogP contribution in [0.15, 0.2) is 0 Å². The maximum Gasteiger partial charge on any atom is 0.410 e. The van der Waals surface area contributed by atoms with Crippen molar-refractivity contribution in [3.8, 4) is 0 Å². The SMILES string of the molecule is CCC1CCCC1NC1CCCN(C(=O)OC(C)(C)C)C1. The summed E-state index contributed by atoms with van der Waals surface area (Å²) < 4.78 is 5.50. The van der Waals surface area contributed by atoms with E-state index < -0.39 is 5.60 Å². The average molecular weight is 296 g/mol. The van der Waals surface area contributed by atoms with Crippen molar-refractivity contribution in [1.82, 2.24) is 10.2 Å². The molecule has 3 atom stereocenters. The van der Waals surface area contributed by atoms with E-state index in [0.29, 0.717) is 12.1 Å². The average Bonchev–Trinajstić information content (AvgIpc) is 2.84. The molecule has 1 heterocycles. The highest BCUT2D eigenvalue weighted by Crippen LogP contribution is 2.29. The quantitative estimate of drug-likeness (QED) is 0.866. The van der Waals surface area contributed by atoms with Crippen LogP contribution >= 0.6 is 0 Å². The fourth-order valence-corrected chi connectivity index (χ4v) is 3.65. The Morgan fingerprint density at radius 1 is 1.24 bits per heavy atom. The van der Waals surface area contributed by atoms with E-state index in [9.17, 15) is 4.79 Å². The molecule has 2 aliphatic rings. The van der Waals surface area contributed by atoms with E-state index in [1.54, 1.807) is 0 Å². The van der Waals surface area contributed by atoms with Crippen LogP contribution in [0.2, 0.25) is 0 Å². The molecule has 1 saturated carbocycles. The van der Waals surface area contributed by atoms with E-state index in [4.69, 9.17) is 4.74 Å². The summed E-state index contributed by atoms with van der Waals surface area (Å²) in [5.41, 5.74) is -0.407. The molecule has 1 N–H and O–H groups in total. The standard InChI is InChI=1S/C17H32N2O2/c1-5-13-8-6-10-15(13)18-14-9-7-11-19(12-14)16(20)21-17(2,3)4/h13-15,18H,5-12H2,1-4H3. The summed E-state index contributed by atoms with van der Waals surface area (Å²) in [6.07, 6.45) is 7.34. The largest absolute Gasteiger partial charge is 0.444 e. The molecule has 0 aromatic rings. The van der Waals surface area contributed by atoms with Gasteiger partial charge in [-0.3, -0.25) is 0 Å². The number of amides is 1. The number of rotatable bonds is 3. The molecular formula is C17H32N2O2. The number of carbonyl (C=O) groups is 1. The highest BCUT2D eigenvalue weighted by molar-refractivity contribution is 5.68. The van der Waals surface area contributed by atoms with Crippen LogP contribution in [0.1, 0.15) is 66.2 Å². The number of hydrogen-bond acceptors (Lipinski definition) is 3. The lowest BCUT2D eigenvalue weighted by Gasteiger charge is -2.36. The van der Waals surface area contributed by atoms with Crippen molar-refractivity contribution < 1.29 is 9.53 Å². The smallest absolute Gasteiger partial charge is 0.410 e. The molecule has 0 bridgehead atoms. The van der Waals surface area contributed by atoms with Gasteiger partial charge in [0, 0.05) is 25.2 Å². The van der Waals surface area contributed by atoms with Gasteiger partial charge in [-0.15, -0.1) is 0 Å². The van der Waals surface area contributed by atoms with Gasteiger partial charge in [0.15, 0.2) is 0 Å². The van der Waals surface area contributed by atoms with Gasteiger partial charge in [0.1, 0.15) is 5.60 Å². The molecule has 1 saturated heterocycles. The molecule has 21 heavy (non-hydrogen) atoms. The number of piperidine rings is 1. The lowest BCUT2D eigenvalue weighted by molar-refractivity contribution is 0.0181. The van der Waals surface area contributed by atoms with Gasteiger partial charge in [0.2, 0.25) is 0 Å². The molecule has 2 rings (SSSR count). The predicted octanol–water partition coefficient (Wildman–Crippen LogP) is 3.55. The molecule has 0 aromatic carbocycles. The molecule has 0 spiro atoms. The first-order valence-corrected chi connectivity index (χ1v) is 8.63. The van der Waals surface area contributed by atoms with Gasteiger partial charge in [-0.05, 0) is 52.4 Å². The fourth-order valence-electron chi connectivity index (χ4n) is 3.65. The van der Waals surface area contributed by atoms with Crippen LogP contribution in [-0.4, -0.2) is 41.8 Å². The predicted molar refractivity (Wildman–Crippen MR) is 85.4 cm³/mol. The molecule has 1 aliphatic carbocycles. The second-order valence-electron chi connectivity index (χ2n) is 7.64. The second kappa shape index (κ2) is 6.99. The van der Waals surface area contributed by atoms with Crippen LogP contribution in [0.25, 0.3) is 0 Å². The Bertz CT molecular complexity index is 351. The molecule has 4 heteroatoms. The zero-order valence-corrected chi connectivity index (χ0v) is 14.2.